The van der Waals surface area contributed by atoms with Gasteiger partial charge in [-0.25, -0.2) is 0 Å². The number of aromatic nitrogens is 4. The monoisotopic (exact) mass is 225 g/mol. The standard InChI is InChI=1S/C9H15N5S/c1-6-11-12-8-14(6)13-7(15-8)4-5-9(2,3)10/h4-5,10H2,1-3H3. The Morgan fingerprint density at radius 2 is 2.13 bits per heavy atom. The Labute approximate surface area is 92.3 Å². The molecule has 0 saturated heterocycles. The van der Waals surface area contributed by atoms with E-state index < -0.39 is 0 Å². The van der Waals surface area contributed by atoms with Crippen LogP contribution in [-0.2, 0) is 6.42 Å². The predicted octanol–water partition coefficient (Wildman–Crippen LogP) is 1.16. The molecule has 0 amide bonds. The molecular formula is C9H15N5S. The van der Waals surface area contributed by atoms with E-state index in [-0.39, 0.29) is 5.54 Å². The highest BCUT2D eigenvalue weighted by Crippen LogP contribution is 2.17. The maximum atomic E-state index is 5.92. The molecule has 5 nitrogen and oxygen atoms in total. The second-order valence-electron chi connectivity index (χ2n) is 4.43. The Balaban J connectivity index is 2.16. The van der Waals surface area contributed by atoms with Gasteiger partial charge in [0.1, 0.15) is 5.01 Å². The maximum absolute atomic E-state index is 5.92. The van der Waals surface area contributed by atoms with E-state index >= 15 is 0 Å². The zero-order valence-corrected chi connectivity index (χ0v) is 10.0. The molecule has 0 aliphatic carbocycles. The Morgan fingerprint density at radius 3 is 2.73 bits per heavy atom. The van der Waals surface area contributed by atoms with Gasteiger partial charge in [0.05, 0.1) is 0 Å². The molecule has 0 aliphatic heterocycles. The number of fused-ring (bicyclic) bond motifs is 1. The van der Waals surface area contributed by atoms with Crippen LogP contribution in [0.3, 0.4) is 0 Å². The summed E-state index contributed by atoms with van der Waals surface area (Å²) in [6, 6.07) is 0. The first-order valence-corrected chi connectivity index (χ1v) is 5.74. The average molecular weight is 225 g/mol. The van der Waals surface area contributed by atoms with Gasteiger partial charge in [0.25, 0.3) is 0 Å². The summed E-state index contributed by atoms with van der Waals surface area (Å²) < 4.78 is 1.78. The fraction of sp³-hybridized carbons (Fsp3) is 0.667. The van der Waals surface area contributed by atoms with Gasteiger partial charge >= 0.3 is 0 Å². The lowest BCUT2D eigenvalue weighted by molar-refractivity contribution is 0.475. The lowest BCUT2D eigenvalue weighted by atomic mass is 10.0. The van der Waals surface area contributed by atoms with E-state index in [0.29, 0.717) is 0 Å². The van der Waals surface area contributed by atoms with Crippen molar-refractivity contribution in [3.05, 3.63) is 10.8 Å². The van der Waals surface area contributed by atoms with Crippen LogP contribution in [0, 0.1) is 6.92 Å². The van der Waals surface area contributed by atoms with Gasteiger partial charge < -0.3 is 5.73 Å². The fourth-order valence-electron chi connectivity index (χ4n) is 1.28. The van der Waals surface area contributed by atoms with Crippen molar-refractivity contribution in [1.82, 2.24) is 19.8 Å². The highest BCUT2D eigenvalue weighted by Gasteiger charge is 2.14. The lowest BCUT2D eigenvalue weighted by Crippen LogP contribution is -2.32. The topological polar surface area (TPSA) is 69.1 Å². The minimum absolute atomic E-state index is 0.138. The van der Waals surface area contributed by atoms with Gasteiger partial charge in [-0.05, 0) is 27.2 Å². The van der Waals surface area contributed by atoms with Crippen molar-refractivity contribution in [2.24, 2.45) is 5.73 Å². The number of aryl methyl sites for hydroxylation is 2. The first-order valence-electron chi connectivity index (χ1n) is 4.92. The molecule has 0 radical (unpaired) electrons. The van der Waals surface area contributed by atoms with Crippen LogP contribution < -0.4 is 5.73 Å². The summed E-state index contributed by atoms with van der Waals surface area (Å²) in [6.45, 7) is 5.95. The molecule has 6 heteroatoms. The molecule has 0 fully saturated rings. The van der Waals surface area contributed by atoms with Crippen molar-refractivity contribution in [2.75, 3.05) is 0 Å². The number of nitrogens with two attached hydrogens (primary N) is 1. The molecule has 0 spiro atoms. The van der Waals surface area contributed by atoms with E-state index in [1.165, 1.54) is 0 Å². The van der Waals surface area contributed by atoms with Gasteiger partial charge in [0, 0.05) is 12.0 Å². The van der Waals surface area contributed by atoms with Crippen molar-refractivity contribution in [2.45, 2.75) is 39.2 Å². The summed E-state index contributed by atoms with van der Waals surface area (Å²) in [5.41, 5.74) is 5.79. The summed E-state index contributed by atoms with van der Waals surface area (Å²) >= 11 is 1.58. The largest absolute Gasteiger partial charge is 0.326 e. The van der Waals surface area contributed by atoms with E-state index in [4.69, 9.17) is 5.73 Å². The predicted molar refractivity (Wildman–Crippen MR) is 60.0 cm³/mol. The van der Waals surface area contributed by atoms with Crippen LogP contribution in [0.5, 0.6) is 0 Å². The lowest BCUT2D eigenvalue weighted by Gasteiger charge is -2.16. The third-order valence-electron chi connectivity index (χ3n) is 2.17. The molecule has 0 atom stereocenters. The molecule has 82 valence electrons. The van der Waals surface area contributed by atoms with Crippen molar-refractivity contribution >= 4 is 16.3 Å². The SMILES string of the molecule is Cc1nnc2sc(CCC(C)(C)N)nn12. The Morgan fingerprint density at radius 1 is 1.40 bits per heavy atom. The molecule has 2 rings (SSSR count). The smallest absolute Gasteiger partial charge is 0.234 e. The third-order valence-corrected chi connectivity index (χ3v) is 3.13. The van der Waals surface area contributed by atoms with Crippen LogP contribution in [0.15, 0.2) is 0 Å². The molecule has 15 heavy (non-hydrogen) atoms. The zero-order valence-electron chi connectivity index (χ0n) is 9.19. The summed E-state index contributed by atoms with van der Waals surface area (Å²) in [7, 11) is 0. The molecule has 0 saturated carbocycles. The molecule has 0 aliphatic rings. The van der Waals surface area contributed by atoms with E-state index in [1.54, 1.807) is 15.9 Å². The Kier molecular flexibility index (Phi) is 2.47. The average Bonchev–Trinajstić information content (AvgIpc) is 2.64. The Bertz CT molecular complexity index is 464. The molecular weight excluding hydrogens is 210 g/mol. The van der Waals surface area contributed by atoms with E-state index in [9.17, 15) is 0 Å². The molecule has 2 N–H and O–H groups in total. The molecule has 2 heterocycles. The number of rotatable bonds is 3. The van der Waals surface area contributed by atoms with E-state index in [1.807, 2.05) is 20.8 Å². The zero-order chi connectivity index (χ0) is 11.1. The fourth-order valence-corrected chi connectivity index (χ4v) is 2.16. The second kappa shape index (κ2) is 3.53. The van der Waals surface area contributed by atoms with Crippen LogP contribution in [-0.4, -0.2) is 25.4 Å². The second-order valence-corrected chi connectivity index (χ2v) is 5.47. The normalized spacial score (nSPS) is 12.5. The highest BCUT2D eigenvalue weighted by atomic mass is 32.1. The maximum Gasteiger partial charge on any atom is 0.234 e. The van der Waals surface area contributed by atoms with Crippen molar-refractivity contribution in [3.8, 4) is 0 Å². The van der Waals surface area contributed by atoms with Gasteiger partial charge in [0.15, 0.2) is 5.82 Å². The summed E-state index contributed by atoms with van der Waals surface area (Å²) in [4.78, 5) is 0.859. The summed E-state index contributed by atoms with van der Waals surface area (Å²) in [5.74, 6) is 0.833. The van der Waals surface area contributed by atoms with Gasteiger partial charge in [-0.1, -0.05) is 11.3 Å². The van der Waals surface area contributed by atoms with Gasteiger partial charge in [-0.3, -0.25) is 0 Å². The van der Waals surface area contributed by atoms with Crippen LogP contribution in [0.4, 0.5) is 0 Å². The van der Waals surface area contributed by atoms with E-state index in [0.717, 1.165) is 28.6 Å². The first kappa shape index (κ1) is 10.5. The van der Waals surface area contributed by atoms with Gasteiger partial charge in [-0.15, -0.1) is 10.2 Å². The molecule has 2 aromatic heterocycles. The molecule has 0 bridgehead atoms. The summed E-state index contributed by atoms with van der Waals surface area (Å²) in [5, 5.41) is 13.5. The minimum Gasteiger partial charge on any atom is -0.326 e. The molecule has 0 aromatic carbocycles. The minimum atomic E-state index is -0.138. The van der Waals surface area contributed by atoms with Gasteiger partial charge in [-0.2, -0.15) is 9.61 Å². The quantitative estimate of drug-likeness (QED) is 0.851. The van der Waals surface area contributed by atoms with Crippen molar-refractivity contribution in [3.63, 3.8) is 0 Å². The van der Waals surface area contributed by atoms with Crippen molar-refractivity contribution in [1.29, 1.82) is 0 Å². The van der Waals surface area contributed by atoms with Crippen LogP contribution in [0.1, 0.15) is 31.1 Å². The van der Waals surface area contributed by atoms with Crippen LogP contribution in [0.25, 0.3) is 4.96 Å². The highest BCUT2D eigenvalue weighted by molar-refractivity contribution is 7.16. The first-order chi connectivity index (χ1) is 6.96. The van der Waals surface area contributed by atoms with Crippen LogP contribution >= 0.6 is 11.3 Å². The molecule has 0 unspecified atom stereocenters. The van der Waals surface area contributed by atoms with E-state index in [2.05, 4.69) is 15.3 Å². The Hall–Kier alpha value is -1.01. The molecule has 2 aromatic rings. The van der Waals surface area contributed by atoms with Gasteiger partial charge in [0.2, 0.25) is 4.96 Å². The summed E-state index contributed by atoms with van der Waals surface area (Å²) in [6.07, 6.45) is 1.83. The number of hydrogen-bond acceptors (Lipinski definition) is 5. The van der Waals surface area contributed by atoms with Crippen molar-refractivity contribution < 1.29 is 0 Å². The number of hydrogen-bond donors (Lipinski definition) is 1. The number of nitrogens with zero attached hydrogens (tertiary/aromatic N) is 4. The van der Waals surface area contributed by atoms with Crippen LogP contribution in [0.2, 0.25) is 0 Å². The third kappa shape index (κ3) is 2.32.